The molecule has 0 saturated heterocycles. The highest BCUT2D eigenvalue weighted by molar-refractivity contribution is 5.77. The average Bonchev–Trinajstić information content (AvgIpc) is 2.17. The fourth-order valence-electron chi connectivity index (χ4n) is 1.28. The molecule has 2 rings (SSSR count). The van der Waals surface area contributed by atoms with Crippen molar-refractivity contribution in [2.75, 3.05) is 0 Å². The zero-order valence-electron chi connectivity index (χ0n) is 7.86. The van der Waals surface area contributed by atoms with Crippen molar-refractivity contribution in [2.45, 2.75) is 19.8 Å². The largest absolute Gasteiger partial charge is 0.155 e. The summed E-state index contributed by atoms with van der Waals surface area (Å²) in [6, 6.07) is 10.1. The molecule has 0 radical (unpaired) electrons. The van der Waals surface area contributed by atoms with Crippen LogP contribution in [0.3, 0.4) is 0 Å². The number of nitrogens with zero attached hydrogens (tertiary/aromatic N) is 2. The Morgan fingerprint density at radius 3 is 2.62 bits per heavy atom. The van der Waals surface area contributed by atoms with E-state index in [2.05, 4.69) is 36.2 Å². The normalized spacial score (nSPS) is 11.0. The molecule has 2 heteroatoms. The molecule has 0 amide bonds. The van der Waals surface area contributed by atoms with Crippen LogP contribution in [-0.2, 0) is 0 Å². The first-order valence-electron chi connectivity index (χ1n) is 4.50. The van der Waals surface area contributed by atoms with E-state index in [1.165, 1.54) is 5.39 Å². The van der Waals surface area contributed by atoms with E-state index in [4.69, 9.17) is 0 Å². The zero-order chi connectivity index (χ0) is 9.26. The molecule has 0 aliphatic carbocycles. The molecule has 0 atom stereocenters. The number of rotatable bonds is 1. The quantitative estimate of drug-likeness (QED) is 0.661. The minimum Gasteiger partial charge on any atom is -0.155 e. The summed E-state index contributed by atoms with van der Waals surface area (Å²) in [5.41, 5.74) is 2.02. The van der Waals surface area contributed by atoms with Crippen LogP contribution in [0.15, 0.2) is 30.3 Å². The van der Waals surface area contributed by atoms with E-state index in [-0.39, 0.29) is 0 Å². The van der Waals surface area contributed by atoms with Gasteiger partial charge in [-0.25, -0.2) is 0 Å². The smallest absolute Gasteiger partial charge is 0.0929 e. The van der Waals surface area contributed by atoms with Gasteiger partial charge in [0.1, 0.15) is 0 Å². The van der Waals surface area contributed by atoms with Gasteiger partial charge in [-0.3, -0.25) is 0 Å². The van der Waals surface area contributed by atoms with Gasteiger partial charge in [0.2, 0.25) is 0 Å². The summed E-state index contributed by atoms with van der Waals surface area (Å²) in [6.45, 7) is 4.25. The van der Waals surface area contributed by atoms with E-state index >= 15 is 0 Å². The number of hydrogen-bond donors (Lipinski definition) is 0. The van der Waals surface area contributed by atoms with E-state index in [0.717, 1.165) is 11.2 Å². The summed E-state index contributed by atoms with van der Waals surface area (Å²) in [5, 5.41) is 9.48. The Labute approximate surface area is 77.6 Å². The van der Waals surface area contributed by atoms with Crippen molar-refractivity contribution in [3.8, 4) is 0 Å². The molecule has 0 N–H and O–H groups in total. The summed E-state index contributed by atoms with van der Waals surface area (Å²) in [4.78, 5) is 0. The van der Waals surface area contributed by atoms with Crippen LogP contribution >= 0.6 is 0 Å². The molecule has 0 aliphatic heterocycles. The van der Waals surface area contributed by atoms with Crippen molar-refractivity contribution in [3.63, 3.8) is 0 Å². The lowest BCUT2D eigenvalue weighted by molar-refractivity contribution is 0.795. The van der Waals surface area contributed by atoms with Gasteiger partial charge in [0.25, 0.3) is 0 Å². The third-order valence-electron chi connectivity index (χ3n) is 2.10. The van der Waals surface area contributed by atoms with Crippen LogP contribution in [0.2, 0.25) is 0 Å². The first kappa shape index (κ1) is 8.17. The predicted molar refractivity (Wildman–Crippen MR) is 53.6 cm³/mol. The molecular weight excluding hydrogens is 160 g/mol. The van der Waals surface area contributed by atoms with Crippen LogP contribution in [0.1, 0.15) is 25.5 Å². The first-order chi connectivity index (χ1) is 6.27. The fraction of sp³-hybridized carbons (Fsp3) is 0.273. The molecule has 2 aromatic rings. The molecule has 1 aromatic heterocycles. The van der Waals surface area contributed by atoms with E-state index in [0.29, 0.717) is 5.92 Å². The molecular formula is C11H12N2. The van der Waals surface area contributed by atoms with Gasteiger partial charge in [-0.1, -0.05) is 32.0 Å². The third-order valence-corrected chi connectivity index (χ3v) is 2.10. The van der Waals surface area contributed by atoms with Crippen molar-refractivity contribution in [2.24, 2.45) is 0 Å². The molecule has 2 nitrogen and oxygen atoms in total. The van der Waals surface area contributed by atoms with E-state index in [1.807, 2.05) is 18.2 Å². The van der Waals surface area contributed by atoms with Gasteiger partial charge in [0, 0.05) is 5.39 Å². The first-order valence-corrected chi connectivity index (χ1v) is 4.50. The van der Waals surface area contributed by atoms with Gasteiger partial charge in [0.05, 0.1) is 11.2 Å². The maximum absolute atomic E-state index is 4.16. The van der Waals surface area contributed by atoms with Crippen LogP contribution in [-0.4, -0.2) is 10.2 Å². The van der Waals surface area contributed by atoms with Gasteiger partial charge >= 0.3 is 0 Å². The molecule has 0 bridgehead atoms. The highest BCUT2D eigenvalue weighted by Gasteiger charge is 2.02. The number of aromatic nitrogens is 2. The second-order valence-corrected chi connectivity index (χ2v) is 3.48. The zero-order valence-corrected chi connectivity index (χ0v) is 7.86. The lowest BCUT2D eigenvalue weighted by atomic mass is 10.1. The van der Waals surface area contributed by atoms with Crippen molar-refractivity contribution in [3.05, 3.63) is 36.0 Å². The van der Waals surface area contributed by atoms with Crippen molar-refractivity contribution in [1.82, 2.24) is 10.2 Å². The maximum Gasteiger partial charge on any atom is 0.0929 e. The monoisotopic (exact) mass is 172 g/mol. The molecule has 0 unspecified atom stereocenters. The van der Waals surface area contributed by atoms with Crippen LogP contribution in [0, 0.1) is 0 Å². The maximum atomic E-state index is 4.16. The van der Waals surface area contributed by atoms with Gasteiger partial charge in [-0.2, -0.15) is 10.2 Å². The average molecular weight is 172 g/mol. The molecule has 13 heavy (non-hydrogen) atoms. The fourth-order valence-corrected chi connectivity index (χ4v) is 1.28. The van der Waals surface area contributed by atoms with Crippen molar-refractivity contribution in [1.29, 1.82) is 0 Å². The molecule has 0 aliphatic rings. The number of fused-ring (bicyclic) bond motifs is 1. The Hall–Kier alpha value is -1.44. The summed E-state index contributed by atoms with van der Waals surface area (Å²) in [7, 11) is 0. The number of hydrogen-bond acceptors (Lipinski definition) is 2. The minimum atomic E-state index is 0.442. The van der Waals surface area contributed by atoms with Gasteiger partial charge < -0.3 is 0 Å². The summed E-state index contributed by atoms with van der Waals surface area (Å²) in [5.74, 6) is 0.442. The molecule has 66 valence electrons. The standard InChI is InChI=1S/C11H12N2/c1-8(2)11-7-9-5-3-4-6-10(9)12-13-11/h3-8H,1-2H3. The molecule has 0 saturated carbocycles. The van der Waals surface area contributed by atoms with Gasteiger partial charge in [-0.15, -0.1) is 0 Å². The van der Waals surface area contributed by atoms with E-state index < -0.39 is 0 Å². The van der Waals surface area contributed by atoms with Crippen LogP contribution in [0.25, 0.3) is 10.9 Å². The Morgan fingerprint density at radius 2 is 1.85 bits per heavy atom. The van der Waals surface area contributed by atoms with E-state index in [9.17, 15) is 0 Å². The topological polar surface area (TPSA) is 25.8 Å². The molecule has 1 aromatic carbocycles. The molecule has 1 heterocycles. The Morgan fingerprint density at radius 1 is 1.08 bits per heavy atom. The summed E-state index contributed by atoms with van der Waals surface area (Å²) in [6.07, 6.45) is 0. The van der Waals surface area contributed by atoms with Crippen molar-refractivity contribution >= 4 is 10.9 Å². The van der Waals surface area contributed by atoms with Crippen molar-refractivity contribution < 1.29 is 0 Å². The molecule has 0 fully saturated rings. The third kappa shape index (κ3) is 1.52. The predicted octanol–water partition coefficient (Wildman–Crippen LogP) is 2.75. The second-order valence-electron chi connectivity index (χ2n) is 3.48. The van der Waals surface area contributed by atoms with Gasteiger partial charge in [-0.05, 0) is 18.1 Å². The highest BCUT2D eigenvalue weighted by Crippen LogP contribution is 2.16. The Kier molecular flexibility index (Phi) is 1.97. The lowest BCUT2D eigenvalue weighted by Gasteiger charge is -2.03. The highest BCUT2D eigenvalue weighted by atomic mass is 15.1. The lowest BCUT2D eigenvalue weighted by Crippen LogP contribution is -1.94. The van der Waals surface area contributed by atoms with Gasteiger partial charge in [0.15, 0.2) is 0 Å². The van der Waals surface area contributed by atoms with Crippen LogP contribution in [0.5, 0.6) is 0 Å². The summed E-state index contributed by atoms with van der Waals surface area (Å²) >= 11 is 0. The second kappa shape index (κ2) is 3.13. The summed E-state index contributed by atoms with van der Waals surface area (Å²) < 4.78 is 0. The van der Waals surface area contributed by atoms with Crippen LogP contribution in [0.4, 0.5) is 0 Å². The minimum absolute atomic E-state index is 0.442. The Balaban J connectivity index is 2.62. The Bertz CT molecular complexity index is 421. The SMILES string of the molecule is CC(C)c1cc2ccccc2nn1. The van der Waals surface area contributed by atoms with Crippen LogP contribution < -0.4 is 0 Å². The van der Waals surface area contributed by atoms with E-state index in [1.54, 1.807) is 0 Å². The number of benzene rings is 1. The molecule has 0 spiro atoms.